The van der Waals surface area contributed by atoms with Gasteiger partial charge >= 0.3 is 0 Å². The summed E-state index contributed by atoms with van der Waals surface area (Å²) in [5.41, 5.74) is 4.20. The van der Waals surface area contributed by atoms with Gasteiger partial charge in [-0.15, -0.1) is 0 Å². The second-order valence-electron chi connectivity index (χ2n) is 7.91. The minimum absolute atomic E-state index is 0.0397. The zero-order valence-corrected chi connectivity index (χ0v) is 17.1. The van der Waals surface area contributed by atoms with Crippen LogP contribution in [0.4, 0.5) is 0 Å². The highest BCUT2D eigenvalue weighted by Gasteiger charge is 2.43. The molecule has 1 unspecified atom stereocenters. The third-order valence-electron chi connectivity index (χ3n) is 5.72. The number of hydrogen-bond donors (Lipinski definition) is 5. The fourth-order valence-electron chi connectivity index (χ4n) is 4.04. The van der Waals surface area contributed by atoms with Crippen LogP contribution in [0.25, 0.3) is 5.70 Å². The lowest BCUT2D eigenvalue weighted by molar-refractivity contribution is -0.349. The monoisotopic (exact) mass is 428 g/mol. The van der Waals surface area contributed by atoms with Crippen molar-refractivity contribution < 1.29 is 25.1 Å². The molecule has 0 aromatic heterocycles. The molecule has 3 aromatic carbocycles. The zero-order chi connectivity index (χ0) is 22.2. The smallest absolute Gasteiger partial charge is 0.252 e. The Labute approximate surface area is 184 Å². The fraction of sp³-hybridized carbons (Fsp3) is 0.120. The van der Waals surface area contributed by atoms with Crippen molar-refractivity contribution >= 4 is 17.3 Å². The van der Waals surface area contributed by atoms with Crippen molar-refractivity contribution in [2.75, 3.05) is 6.54 Å². The summed E-state index contributed by atoms with van der Waals surface area (Å²) >= 11 is 0. The van der Waals surface area contributed by atoms with Crippen LogP contribution in [0.3, 0.4) is 0 Å². The van der Waals surface area contributed by atoms with Crippen molar-refractivity contribution in [2.24, 2.45) is 0 Å². The van der Waals surface area contributed by atoms with Crippen LogP contribution in [0.1, 0.15) is 16.7 Å². The minimum atomic E-state index is -0.442. The van der Waals surface area contributed by atoms with Crippen molar-refractivity contribution in [1.82, 2.24) is 10.2 Å². The molecule has 5 rings (SSSR count). The van der Waals surface area contributed by atoms with E-state index in [-0.39, 0.29) is 23.2 Å². The molecular formula is C25H22N3O4+. The quantitative estimate of drug-likeness (QED) is 0.427. The lowest BCUT2D eigenvalue weighted by Gasteiger charge is -2.20. The van der Waals surface area contributed by atoms with Gasteiger partial charge in [-0.3, -0.25) is 9.69 Å². The summed E-state index contributed by atoms with van der Waals surface area (Å²) in [5, 5.41) is 32.2. The van der Waals surface area contributed by atoms with Gasteiger partial charge in [-0.05, 0) is 66.2 Å². The van der Waals surface area contributed by atoms with Crippen molar-refractivity contribution in [3.63, 3.8) is 0 Å². The van der Waals surface area contributed by atoms with Gasteiger partial charge in [0.25, 0.3) is 11.6 Å². The molecule has 5 N–H and O–H groups in total. The molecule has 7 nitrogen and oxygen atoms in total. The highest BCUT2D eigenvalue weighted by atomic mass is 16.3. The number of nitrogens with zero attached hydrogens (tertiary/aromatic N) is 1. The molecule has 7 heteroatoms. The summed E-state index contributed by atoms with van der Waals surface area (Å²) in [4.78, 5) is 18.5. The average molecular weight is 428 g/mol. The van der Waals surface area contributed by atoms with Gasteiger partial charge in [0.05, 0.1) is 5.56 Å². The van der Waals surface area contributed by atoms with E-state index in [0.717, 1.165) is 28.1 Å². The van der Waals surface area contributed by atoms with Crippen LogP contribution in [0.2, 0.25) is 0 Å². The number of carbonyl (C=O) groups excluding carboxylic acids is 1. The van der Waals surface area contributed by atoms with Gasteiger partial charge in [0, 0.05) is 12.0 Å². The molecule has 1 fully saturated rings. The SMILES string of the molecule is O=C1C(Cc2ccc(O)cc2)NC2=C(c3ccc(O)cc3)[NH+]=C(c3ccc(O)cc3)CN12. The normalized spacial score (nSPS) is 17.8. The van der Waals surface area contributed by atoms with Crippen molar-refractivity contribution in [3.05, 3.63) is 95.3 Å². The largest absolute Gasteiger partial charge is 0.508 e. The molecule has 0 radical (unpaired) electrons. The van der Waals surface area contributed by atoms with Crippen LogP contribution >= 0.6 is 0 Å². The second-order valence-corrected chi connectivity index (χ2v) is 7.91. The average Bonchev–Trinajstić information content (AvgIpc) is 3.11. The van der Waals surface area contributed by atoms with E-state index < -0.39 is 6.04 Å². The van der Waals surface area contributed by atoms with Crippen LogP contribution in [-0.4, -0.2) is 44.4 Å². The van der Waals surface area contributed by atoms with E-state index >= 15 is 0 Å². The summed E-state index contributed by atoms with van der Waals surface area (Å²) in [6.45, 7) is 0.361. The first-order valence-electron chi connectivity index (χ1n) is 10.3. The molecular weight excluding hydrogens is 406 g/mol. The molecule has 160 valence electrons. The number of aromatic hydroxyl groups is 3. The molecule has 1 atom stereocenters. The van der Waals surface area contributed by atoms with Crippen molar-refractivity contribution in [2.45, 2.75) is 12.5 Å². The van der Waals surface area contributed by atoms with Crippen molar-refractivity contribution in [3.8, 4) is 17.2 Å². The second kappa shape index (κ2) is 7.77. The molecule has 2 aliphatic heterocycles. The molecule has 1 saturated heterocycles. The molecule has 3 aromatic rings. The Morgan fingerprint density at radius 1 is 0.812 bits per heavy atom. The highest BCUT2D eigenvalue weighted by Crippen LogP contribution is 2.26. The van der Waals surface area contributed by atoms with E-state index in [1.807, 2.05) is 12.1 Å². The Morgan fingerprint density at radius 2 is 1.34 bits per heavy atom. The number of amides is 1. The van der Waals surface area contributed by atoms with E-state index in [4.69, 9.17) is 0 Å². The number of benzene rings is 3. The summed E-state index contributed by atoms with van der Waals surface area (Å²) in [5.74, 6) is 1.17. The van der Waals surface area contributed by atoms with Gasteiger partial charge in [-0.2, -0.15) is 0 Å². The Bertz CT molecular complexity index is 1230. The molecule has 0 saturated carbocycles. The maximum atomic E-state index is 13.3. The molecule has 32 heavy (non-hydrogen) atoms. The number of fused-ring (bicyclic) bond motifs is 1. The van der Waals surface area contributed by atoms with Crippen LogP contribution in [0.5, 0.6) is 17.2 Å². The standard InChI is InChI=1S/C25H21N3O4/c29-18-7-1-15(2-8-18)13-21-25(32)28-14-22(16-3-9-19(30)10-4-16)26-23(24(28)27-21)17-5-11-20(31)12-6-17/h1-12,21,27,29-31H,13-14H2/p+1. The van der Waals surface area contributed by atoms with Gasteiger partial charge in [0.1, 0.15) is 29.8 Å². The molecule has 2 heterocycles. The summed E-state index contributed by atoms with van der Waals surface area (Å²) in [6, 6.07) is 20.0. The van der Waals surface area contributed by atoms with Gasteiger partial charge in [0.2, 0.25) is 5.71 Å². The molecule has 0 aliphatic carbocycles. The predicted molar refractivity (Wildman–Crippen MR) is 119 cm³/mol. The number of nitrogens with one attached hydrogen (secondary N) is 2. The lowest BCUT2D eigenvalue weighted by Crippen LogP contribution is -2.75. The minimum Gasteiger partial charge on any atom is -0.508 e. The Balaban J connectivity index is 1.53. The van der Waals surface area contributed by atoms with Gasteiger partial charge in [0.15, 0.2) is 5.82 Å². The number of hydrogen-bond acceptors (Lipinski definition) is 5. The van der Waals surface area contributed by atoms with Crippen LogP contribution in [0.15, 0.2) is 78.6 Å². The summed E-state index contributed by atoms with van der Waals surface area (Å²) in [6.07, 6.45) is 0.483. The van der Waals surface area contributed by atoms with E-state index in [0.29, 0.717) is 18.8 Å². The third kappa shape index (κ3) is 3.65. The first-order chi connectivity index (χ1) is 15.5. The van der Waals surface area contributed by atoms with Gasteiger partial charge in [-0.25, -0.2) is 4.99 Å². The van der Waals surface area contributed by atoms with E-state index in [1.165, 1.54) is 0 Å². The third-order valence-corrected chi connectivity index (χ3v) is 5.72. The van der Waals surface area contributed by atoms with Crippen LogP contribution < -0.4 is 10.3 Å². The predicted octanol–water partition coefficient (Wildman–Crippen LogP) is 1.06. The Hall–Kier alpha value is -4.26. The first kappa shape index (κ1) is 19.7. The molecule has 0 spiro atoms. The van der Waals surface area contributed by atoms with Gasteiger partial charge in [-0.1, -0.05) is 12.1 Å². The molecule has 2 aliphatic rings. The Kier molecular flexibility index (Phi) is 4.78. The topological polar surface area (TPSA) is 107 Å². The number of phenolic OH excluding ortho intramolecular Hbond substituents is 3. The van der Waals surface area contributed by atoms with Crippen molar-refractivity contribution in [1.29, 1.82) is 0 Å². The number of carbonyl (C=O) groups is 1. The van der Waals surface area contributed by atoms with Gasteiger partial charge < -0.3 is 20.6 Å². The number of rotatable bonds is 4. The molecule has 0 bridgehead atoms. The summed E-state index contributed by atoms with van der Waals surface area (Å²) in [7, 11) is 0. The van der Waals surface area contributed by atoms with E-state index in [1.54, 1.807) is 65.6 Å². The Morgan fingerprint density at radius 3 is 1.94 bits per heavy atom. The first-order valence-corrected chi connectivity index (χ1v) is 10.3. The van der Waals surface area contributed by atoms with Crippen LogP contribution in [0, 0.1) is 0 Å². The maximum Gasteiger partial charge on any atom is 0.252 e. The maximum absolute atomic E-state index is 13.3. The fourth-order valence-corrected chi connectivity index (χ4v) is 4.04. The van der Waals surface area contributed by atoms with E-state index in [9.17, 15) is 20.1 Å². The summed E-state index contributed by atoms with van der Waals surface area (Å²) < 4.78 is 0. The molecule has 1 amide bonds. The van der Waals surface area contributed by atoms with E-state index in [2.05, 4.69) is 10.3 Å². The zero-order valence-electron chi connectivity index (χ0n) is 17.1. The lowest BCUT2D eigenvalue weighted by atomic mass is 10.0. The van der Waals surface area contributed by atoms with Crippen LogP contribution in [-0.2, 0) is 11.2 Å². The number of phenols is 3. The highest BCUT2D eigenvalue weighted by molar-refractivity contribution is 6.03.